The van der Waals surface area contributed by atoms with E-state index >= 15 is 0 Å². The fourth-order valence-electron chi connectivity index (χ4n) is 0.995. The fourth-order valence-corrected chi connectivity index (χ4v) is 0.995. The summed E-state index contributed by atoms with van der Waals surface area (Å²) >= 11 is 0. The molecule has 0 bridgehead atoms. The van der Waals surface area contributed by atoms with Crippen LogP contribution in [0.3, 0.4) is 0 Å². The van der Waals surface area contributed by atoms with Gasteiger partial charge in [0.25, 0.3) is 0 Å². The van der Waals surface area contributed by atoms with Crippen LogP contribution in [0.4, 0.5) is 0 Å². The SMILES string of the molecule is CNC(=O)CNC(=O)CCCNC(C)C. The van der Waals surface area contributed by atoms with Crippen molar-refractivity contribution in [2.24, 2.45) is 0 Å². The van der Waals surface area contributed by atoms with Gasteiger partial charge in [-0.3, -0.25) is 9.59 Å². The highest BCUT2D eigenvalue weighted by atomic mass is 16.2. The first-order valence-corrected chi connectivity index (χ1v) is 5.27. The molecule has 0 rings (SSSR count). The number of amides is 2. The summed E-state index contributed by atoms with van der Waals surface area (Å²) in [7, 11) is 1.54. The molecule has 15 heavy (non-hydrogen) atoms. The lowest BCUT2D eigenvalue weighted by Crippen LogP contribution is -2.35. The lowest BCUT2D eigenvalue weighted by molar-refractivity contribution is -0.125. The number of carbonyl (C=O) groups excluding carboxylic acids is 2. The minimum absolute atomic E-state index is 0.0624. The van der Waals surface area contributed by atoms with Gasteiger partial charge in [0.05, 0.1) is 6.54 Å². The minimum Gasteiger partial charge on any atom is -0.358 e. The zero-order valence-electron chi connectivity index (χ0n) is 9.72. The van der Waals surface area contributed by atoms with Gasteiger partial charge in [0, 0.05) is 19.5 Å². The van der Waals surface area contributed by atoms with Crippen molar-refractivity contribution in [2.45, 2.75) is 32.7 Å². The van der Waals surface area contributed by atoms with Gasteiger partial charge in [-0.1, -0.05) is 13.8 Å². The van der Waals surface area contributed by atoms with Gasteiger partial charge in [-0.2, -0.15) is 0 Å². The molecule has 0 aliphatic carbocycles. The second kappa shape index (κ2) is 8.23. The summed E-state index contributed by atoms with van der Waals surface area (Å²) in [6, 6.07) is 0.443. The molecule has 0 spiro atoms. The third-order valence-corrected chi connectivity index (χ3v) is 1.86. The van der Waals surface area contributed by atoms with Crippen molar-refractivity contribution < 1.29 is 9.59 Å². The summed E-state index contributed by atoms with van der Waals surface area (Å²) in [4.78, 5) is 22.0. The first-order valence-electron chi connectivity index (χ1n) is 5.27. The van der Waals surface area contributed by atoms with Gasteiger partial charge in [-0.15, -0.1) is 0 Å². The van der Waals surface area contributed by atoms with Crippen LogP contribution in [0.1, 0.15) is 26.7 Å². The summed E-state index contributed by atoms with van der Waals surface area (Å²) in [5.41, 5.74) is 0. The first kappa shape index (κ1) is 13.9. The van der Waals surface area contributed by atoms with E-state index in [4.69, 9.17) is 0 Å². The number of hydrogen-bond acceptors (Lipinski definition) is 3. The van der Waals surface area contributed by atoms with E-state index in [9.17, 15) is 9.59 Å². The van der Waals surface area contributed by atoms with Crippen LogP contribution in [-0.2, 0) is 9.59 Å². The molecule has 0 aromatic heterocycles. The normalized spacial score (nSPS) is 10.1. The highest BCUT2D eigenvalue weighted by molar-refractivity contribution is 5.84. The molecule has 0 aliphatic heterocycles. The van der Waals surface area contributed by atoms with Gasteiger partial charge in [-0.25, -0.2) is 0 Å². The summed E-state index contributed by atoms with van der Waals surface area (Å²) in [5, 5.41) is 8.20. The summed E-state index contributed by atoms with van der Waals surface area (Å²) in [6.07, 6.45) is 1.24. The van der Waals surface area contributed by atoms with Gasteiger partial charge in [0.15, 0.2) is 0 Å². The van der Waals surface area contributed by atoms with E-state index in [0.717, 1.165) is 13.0 Å². The second-order valence-corrected chi connectivity index (χ2v) is 3.66. The van der Waals surface area contributed by atoms with Gasteiger partial charge >= 0.3 is 0 Å². The molecule has 88 valence electrons. The topological polar surface area (TPSA) is 70.2 Å². The van der Waals surface area contributed by atoms with Gasteiger partial charge < -0.3 is 16.0 Å². The van der Waals surface area contributed by atoms with Crippen molar-refractivity contribution in [1.29, 1.82) is 0 Å². The van der Waals surface area contributed by atoms with Crippen LogP contribution in [0.5, 0.6) is 0 Å². The van der Waals surface area contributed by atoms with Crippen molar-refractivity contribution in [3.8, 4) is 0 Å². The van der Waals surface area contributed by atoms with Crippen LogP contribution in [0.15, 0.2) is 0 Å². The lowest BCUT2D eigenvalue weighted by atomic mass is 10.2. The molecular formula is C10H21N3O2. The summed E-state index contributed by atoms with van der Waals surface area (Å²) in [6.45, 7) is 5.01. The molecule has 5 heteroatoms. The molecule has 5 nitrogen and oxygen atoms in total. The predicted octanol–water partition coefficient (Wildman–Crippen LogP) is -0.373. The molecule has 0 saturated heterocycles. The smallest absolute Gasteiger partial charge is 0.239 e. The largest absolute Gasteiger partial charge is 0.358 e. The van der Waals surface area contributed by atoms with Crippen LogP contribution in [0, 0.1) is 0 Å². The third-order valence-electron chi connectivity index (χ3n) is 1.86. The number of carbonyl (C=O) groups is 2. The van der Waals surface area contributed by atoms with Crippen molar-refractivity contribution >= 4 is 11.8 Å². The number of rotatable bonds is 7. The lowest BCUT2D eigenvalue weighted by Gasteiger charge is -2.07. The zero-order valence-corrected chi connectivity index (χ0v) is 9.72. The minimum atomic E-state index is -0.177. The maximum atomic E-state index is 11.2. The molecule has 0 aromatic rings. The molecule has 0 saturated carbocycles. The monoisotopic (exact) mass is 215 g/mol. The maximum absolute atomic E-state index is 11.2. The van der Waals surface area contributed by atoms with Crippen LogP contribution >= 0.6 is 0 Å². The van der Waals surface area contributed by atoms with Crippen molar-refractivity contribution in [2.75, 3.05) is 20.1 Å². The number of likely N-dealkylation sites (N-methyl/N-ethyl adjacent to an activating group) is 1. The number of nitrogens with one attached hydrogen (secondary N) is 3. The Morgan fingerprint density at radius 2 is 1.87 bits per heavy atom. The predicted molar refractivity (Wildman–Crippen MR) is 59.4 cm³/mol. The van der Waals surface area contributed by atoms with Crippen molar-refractivity contribution in [3.05, 3.63) is 0 Å². The molecule has 0 heterocycles. The first-order chi connectivity index (χ1) is 7.06. The molecule has 0 fully saturated rings. The van der Waals surface area contributed by atoms with Crippen LogP contribution in [-0.4, -0.2) is 38.0 Å². The van der Waals surface area contributed by atoms with Crippen LogP contribution in [0.25, 0.3) is 0 Å². The fraction of sp³-hybridized carbons (Fsp3) is 0.800. The summed E-state index contributed by atoms with van der Waals surface area (Å²) in [5.74, 6) is -0.257. The van der Waals surface area contributed by atoms with Crippen LogP contribution < -0.4 is 16.0 Å². The van der Waals surface area contributed by atoms with Gasteiger partial charge in [-0.05, 0) is 13.0 Å². The zero-order chi connectivity index (χ0) is 11.7. The maximum Gasteiger partial charge on any atom is 0.239 e. The van der Waals surface area contributed by atoms with E-state index in [1.165, 1.54) is 0 Å². The number of hydrogen-bond donors (Lipinski definition) is 3. The van der Waals surface area contributed by atoms with E-state index in [1.54, 1.807) is 7.05 Å². The van der Waals surface area contributed by atoms with Crippen molar-refractivity contribution in [3.63, 3.8) is 0 Å². The molecule has 0 radical (unpaired) electrons. The van der Waals surface area contributed by atoms with Crippen molar-refractivity contribution in [1.82, 2.24) is 16.0 Å². The van der Waals surface area contributed by atoms with Gasteiger partial charge in [0.1, 0.15) is 0 Å². The molecule has 3 N–H and O–H groups in total. The van der Waals surface area contributed by atoms with E-state index in [1.807, 2.05) is 0 Å². The van der Waals surface area contributed by atoms with E-state index in [0.29, 0.717) is 12.5 Å². The average molecular weight is 215 g/mol. The molecule has 0 aromatic carbocycles. The molecule has 2 amide bonds. The highest BCUT2D eigenvalue weighted by Crippen LogP contribution is 1.88. The Balaban J connectivity index is 3.37. The highest BCUT2D eigenvalue weighted by Gasteiger charge is 2.03. The third kappa shape index (κ3) is 9.21. The Morgan fingerprint density at radius 1 is 1.20 bits per heavy atom. The van der Waals surface area contributed by atoms with Gasteiger partial charge in [0.2, 0.25) is 11.8 Å². The molecular weight excluding hydrogens is 194 g/mol. The van der Waals surface area contributed by atoms with E-state index in [-0.39, 0.29) is 18.4 Å². The molecule has 0 unspecified atom stereocenters. The summed E-state index contributed by atoms with van der Waals surface area (Å²) < 4.78 is 0. The molecule has 0 aliphatic rings. The molecule has 0 atom stereocenters. The standard InChI is InChI=1S/C10H21N3O2/c1-8(2)12-6-4-5-9(14)13-7-10(15)11-3/h8,12H,4-7H2,1-3H3,(H,11,15)(H,13,14). The average Bonchev–Trinajstić information content (AvgIpc) is 2.20. The Hall–Kier alpha value is -1.10. The second-order valence-electron chi connectivity index (χ2n) is 3.66. The van der Waals surface area contributed by atoms with E-state index < -0.39 is 0 Å². The Bertz CT molecular complexity index is 205. The quantitative estimate of drug-likeness (QED) is 0.507. The van der Waals surface area contributed by atoms with Crippen LogP contribution in [0.2, 0.25) is 0 Å². The Labute approximate surface area is 91.0 Å². The Morgan fingerprint density at radius 3 is 2.40 bits per heavy atom. The Kier molecular flexibility index (Phi) is 7.62. The van der Waals surface area contributed by atoms with E-state index in [2.05, 4.69) is 29.8 Å².